The summed E-state index contributed by atoms with van der Waals surface area (Å²) in [4.78, 5) is 28.5. The molecule has 2 aliphatic heterocycles. The van der Waals surface area contributed by atoms with Crippen molar-refractivity contribution >= 4 is 40.6 Å². The van der Waals surface area contributed by atoms with Crippen molar-refractivity contribution in [1.29, 1.82) is 0 Å². The predicted octanol–water partition coefficient (Wildman–Crippen LogP) is 6.66. The molecule has 0 aliphatic carbocycles. The summed E-state index contributed by atoms with van der Waals surface area (Å²) in [6, 6.07) is 21.1. The Balaban J connectivity index is 1.28. The van der Waals surface area contributed by atoms with Gasteiger partial charge in [0, 0.05) is 48.3 Å². The van der Waals surface area contributed by atoms with Crippen LogP contribution in [0.2, 0.25) is 5.02 Å². The molecular formula is C32H37ClN4O3. The average Bonchev–Trinajstić information content (AvgIpc) is 3.49. The molecular weight excluding hydrogens is 524 g/mol. The van der Waals surface area contributed by atoms with Crippen LogP contribution >= 0.6 is 11.6 Å². The third kappa shape index (κ3) is 7.34. The number of aryl methyl sites for hydroxylation is 1. The van der Waals surface area contributed by atoms with Gasteiger partial charge >= 0.3 is 6.03 Å². The summed E-state index contributed by atoms with van der Waals surface area (Å²) in [7, 11) is 0. The van der Waals surface area contributed by atoms with Gasteiger partial charge in [0.05, 0.1) is 11.7 Å². The van der Waals surface area contributed by atoms with Crippen LogP contribution in [0.15, 0.2) is 66.7 Å². The average molecular weight is 561 g/mol. The van der Waals surface area contributed by atoms with Gasteiger partial charge in [-0.25, -0.2) is 4.79 Å². The summed E-state index contributed by atoms with van der Waals surface area (Å²) in [5.41, 5.74) is 4.89. The molecule has 3 amide bonds. The summed E-state index contributed by atoms with van der Waals surface area (Å²) in [5, 5.41) is 9.32. The van der Waals surface area contributed by atoms with E-state index in [0.717, 1.165) is 63.1 Å². The quantitative estimate of drug-likeness (QED) is 0.288. The van der Waals surface area contributed by atoms with Crippen LogP contribution in [0.1, 0.15) is 47.2 Å². The molecule has 1 atom stereocenters. The highest BCUT2D eigenvalue weighted by Gasteiger charge is 2.25. The van der Waals surface area contributed by atoms with Crippen molar-refractivity contribution < 1.29 is 14.3 Å². The molecule has 40 heavy (non-hydrogen) atoms. The molecule has 0 saturated carbocycles. The Morgan fingerprint density at radius 1 is 0.950 bits per heavy atom. The van der Waals surface area contributed by atoms with Gasteiger partial charge in [-0.1, -0.05) is 48.0 Å². The first-order valence-corrected chi connectivity index (χ1v) is 14.5. The molecule has 0 unspecified atom stereocenters. The summed E-state index contributed by atoms with van der Waals surface area (Å²) in [6.45, 7) is 4.88. The maximum Gasteiger partial charge on any atom is 0.323 e. The minimum atomic E-state index is -0.403. The van der Waals surface area contributed by atoms with Crippen molar-refractivity contribution in [3.8, 4) is 0 Å². The van der Waals surface area contributed by atoms with Crippen molar-refractivity contribution in [3.63, 3.8) is 0 Å². The zero-order valence-electron chi connectivity index (χ0n) is 22.9. The van der Waals surface area contributed by atoms with Crippen LogP contribution in [0.4, 0.5) is 21.9 Å². The first-order valence-electron chi connectivity index (χ1n) is 14.1. The van der Waals surface area contributed by atoms with Crippen LogP contribution in [-0.4, -0.2) is 44.3 Å². The normalized spacial score (nSPS) is 17.4. The molecule has 2 saturated heterocycles. The minimum absolute atomic E-state index is 0.0505. The van der Waals surface area contributed by atoms with E-state index in [4.69, 9.17) is 16.3 Å². The lowest BCUT2D eigenvalue weighted by molar-refractivity contribution is 0.0858. The molecule has 0 spiro atoms. The molecule has 8 heteroatoms. The Kier molecular flexibility index (Phi) is 9.24. The van der Waals surface area contributed by atoms with Gasteiger partial charge in [0.2, 0.25) is 0 Å². The number of hydrogen-bond donors (Lipinski definition) is 3. The minimum Gasteiger partial charge on any atom is -0.376 e. The van der Waals surface area contributed by atoms with Gasteiger partial charge in [0.15, 0.2) is 0 Å². The van der Waals surface area contributed by atoms with Gasteiger partial charge in [-0.2, -0.15) is 0 Å². The van der Waals surface area contributed by atoms with Crippen molar-refractivity contribution in [3.05, 3.63) is 88.4 Å². The van der Waals surface area contributed by atoms with Gasteiger partial charge in [-0.05, 0) is 86.4 Å². The lowest BCUT2D eigenvalue weighted by atomic mass is 9.89. The molecule has 5 rings (SSSR count). The number of nitrogens with one attached hydrogen (secondary N) is 3. The number of carbonyl (C=O) groups excluding carboxylic acids is 2. The van der Waals surface area contributed by atoms with Gasteiger partial charge in [0.1, 0.15) is 0 Å². The van der Waals surface area contributed by atoms with Crippen molar-refractivity contribution in [2.75, 3.05) is 41.8 Å². The van der Waals surface area contributed by atoms with E-state index in [-0.39, 0.29) is 12.0 Å². The van der Waals surface area contributed by atoms with Gasteiger partial charge < -0.3 is 25.6 Å². The van der Waals surface area contributed by atoms with Crippen LogP contribution in [0.3, 0.4) is 0 Å². The standard InChI is InChI=1S/C32H37ClN4O3/c1-22-9-10-26(20-29(22)33)36-32(39)35-25-11-12-30(28(19-25)31(38)34-21-27-8-5-17-40-27)37-15-13-24(14-16-37)18-23-6-3-2-4-7-23/h2-4,6-7,9-12,19-20,24,27H,5,8,13-18,21H2,1H3,(H,34,38)(H2,35,36,39)/t27-/m0/s1. The topological polar surface area (TPSA) is 82.7 Å². The third-order valence-corrected chi connectivity index (χ3v) is 8.17. The molecule has 210 valence electrons. The number of ether oxygens (including phenoxy) is 1. The van der Waals surface area contributed by atoms with E-state index in [1.54, 1.807) is 18.2 Å². The highest BCUT2D eigenvalue weighted by Crippen LogP contribution is 2.30. The Bertz CT molecular complexity index is 1320. The number of anilines is 3. The second-order valence-electron chi connectivity index (χ2n) is 10.7. The van der Waals surface area contributed by atoms with Crippen molar-refractivity contribution in [1.82, 2.24) is 5.32 Å². The van der Waals surface area contributed by atoms with E-state index in [1.807, 2.05) is 25.1 Å². The van der Waals surface area contributed by atoms with E-state index < -0.39 is 6.03 Å². The zero-order valence-corrected chi connectivity index (χ0v) is 23.7. The fourth-order valence-electron chi connectivity index (χ4n) is 5.47. The maximum absolute atomic E-state index is 13.4. The monoisotopic (exact) mass is 560 g/mol. The number of piperidine rings is 1. The zero-order chi connectivity index (χ0) is 27.9. The number of amides is 3. The fraction of sp³-hybridized carbons (Fsp3) is 0.375. The second kappa shape index (κ2) is 13.2. The van der Waals surface area contributed by atoms with Crippen molar-refractivity contribution in [2.24, 2.45) is 5.92 Å². The molecule has 3 aromatic rings. The molecule has 3 aromatic carbocycles. The summed E-state index contributed by atoms with van der Waals surface area (Å²) in [6.07, 6.45) is 5.22. The summed E-state index contributed by atoms with van der Waals surface area (Å²) < 4.78 is 5.70. The van der Waals surface area contributed by atoms with E-state index >= 15 is 0 Å². The molecule has 2 fully saturated rings. The summed E-state index contributed by atoms with van der Waals surface area (Å²) in [5.74, 6) is 0.460. The van der Waals surface area contributed by atoms with E-state index in [9.17, 15) is 9.59 Å². The maximum atomic E-state index is 13.4. The van der Waals surface area contributed by atoms with E-state index in [2.05, 4.69) is 51.2 Å². The van der Waals surface area contributed by atoms with Crippen LogP contribution in [0, 0.1) is 12.8 Å². The van der Waals surface area contributed by atoms with Gasteiger partial charge in [-0.15, -0.1) is 0 Å². The molecule has 2 heterocycles. The van der Waals surface area contributed by atoms with Gasteiger partial charge in [0.25, 0.3) is 5.91 Å². The van der Waals surface area contributed by atoms with Crippen LogP contribution < -0.4 is 20.9 Å². The summed E-state index contributed by atoms with van der Waals surface area (Å²) >= 11 is 6.20. The van der Waals surface area contributed by atoms with Gasteiger partial charge in [-0.3, -0.25) is 4.79 Å². The van der Waals surface area contributed by atoms with Crippen LogP contribution in [-0.2, 0) is 11.2 Å². The fourth-order valence-corrected chi connectivity index (χ4v) is 5.65. The Morgan fingerprint density at radius 2 is 1.68 bits per heavy atom. The number of benzene rings is 3. The predicted molar refractivity (Wildman–Crippen MR) is 162 cm³/mol. The highest BCUT2D eigenvalue weighted by molar-refractivity contribution is 6.31. The largest absolute Gasteiger partial charge is 0.376 e. The molecule has 2 aliphatic rings. The Labute approximate surface area is 241 Å². The number of nitrogens with zero attached hydrogens (tertiary/aromatic N) is 1. The molecule has 0 aromatic heterocycles. The lowest BCUT2D eigenvalue weighted by Gasteiger charge is -2.35. The smallest absolute Gasteiger partial charge is 0.323 e. The van der Waals surface area contributed by atoms with E-state index in [1.165, 1.54) is 5.56 Å². The lowest BCUT2D eigenvalue weighted by Crippen LogP contribution is -2.37. The van der Waals surface area contributed by atoms with Crippen LogP contribution in [0.25, 0.3) is 0 Å². The highest BCUT2D eigenvalue weighted by atomic mass is 35.5. The number of rotatable bonds is 8. The Morgan fingerprint density at radius 3 is 2.38 bits per heavy atom. The third-order valence-electron chi connectivity index (χ3n) is 7.77. The number of carbonyl (C=O) groups is 2. The molecule has 0 bridgehead atoms. The molecule has 7 nitrogen and oxygen atoms in total. The Hall–Kier alpha value is -3.55. The number of urea groups is 1. The molecule has 3 N–H and O–H groups in total. The first kappa shape index (κ1) is 28.0. The van der Waals surface area contributed by atoms with E-state index in [0.29, 0.717) is 34.4 Å². The number of hydrogen-bond acceptors (Lipinski definition) is 4. The first-order chi connectivity index (χ1) is 19.4. The number of halogens is 1. The SMILES string of the molecule is Cc1ccc(NC(=O)Nc2ccc(N3CCC(Cc4ccccc4)CC3)c(C(=O)NC[C@@H]3CCCO3)c2)cc1Cl. The van der Waals surface area contributed by atoms with Crippen LogP contribution in [0.5, 0.6) is 0 Å². The molecule has 0 radical (unpaired) electrons. The van der Waals surface area contributed by atoms with Crippen molar-refractivity contribution in [2.45, 2.75) is 45.1 Å². The second-order valence-corrected chi connectivity index (χ2v) is 11.1.